The Labute approximate surface area is 233 Å². The minimum Gasteiger partial charge on any atom is -0.290 e. The van der Waals surface area contributed by atoms with E-state index in [9.17, 15) is 17.6 Å². The standard InChI is InChI=1S/C24H16BF4.C9H16N2/c26-21-9-1-5-17(13-21)25(18-6-2-10-22(27)14-18,19-7-3-11-23(28)15-19)20-8-4-12-24(29)16-20;1-2-5-9-10-6-4-8-11(9)7-3-1/h1-16H;1-8H2/q-1;/p+1. The molecule has 206 valence electrons. The van der Waals surface area contributed by atoms with Crippen LogP contribution in [0.3, 0.4) is 0 Å². The number of quaternary nitrogens is 1. The minimum atomic E-state index is -2.25. The van der Waals surface area contributed by atoms with Gasteiger partial charge in [0.25, 0.3) is 0 Å². The Hall–Kier alpha value is -3.71. The van der Waals surface area contributed by atoms with Gasteiger partial charge in [-0.15, -0.1) is 0 Å². The molecular formula is C33H33BF4N2. The van der Waals surface area contributed by atoms with Crippen molar-refractivity contribution in [3.05, 3.63) is 120 Å². The van der Waals surface area contributed by atoms with Gasteiger partial charge in [0.15, 0.2) is 5.84 Å². The smallest absolute Gasteiger partial charge is 0.196 e. The van der Waals surface area contributed by atoms with Crippen LogP contribution >= 0.6 is 0 Å². The van der Waals surface area contributed by atoms with Crippen molar-refractivity contribution in [2.75, 3.05) is 19.6 Å². The Morgan fingerprint density at radius 2 is 0.950 bits per heavy atom. The number of hydrogen-bond acceptors (Lipinski definition) is 1. The summed E-state index contributed by atoms with van der Waals surface area (Å²) in [4.78, 5) is 6.28. The molecule has 0 radical (unpaired) electrons. The van der Waals surface area contributed by atoms with E-state index in [1.54, 1.807) is 53.4 Å². The van der Waals surface area contributed by atoms with E-state index in [1.165, 1.54) is 99.6 Å². The SMILES string of the molecule is C1CCC2=NCCC[NH+]2CC1.Fc1cccc([B-](c2cccc(F)c2)(c2cccc(F)c2)c2cccc(F)c2)c1. The van der Waals surface area contributed by atoms with E-state index >= 15 is 0 Å². The third kappa shape index (κ3) is 6.05. The Balaban J connectivity index is 0.000000244. The summed E-state index contributed by atoms with van der Waals surface area (Å²) in [6.07, 6.45) is 4.53. The van der Waals surface area contributed by atoms with Gasteiger partial charge in [-0.1, -0.05) is 72.8 Å². The second-order valence-corrected chi connectivity index (χ2v) is 10.7. The van der Waals surface area contributed by atoms with Crippen LogP contribution in [0.5, 0.6) is 0 Å². The van der Waals surface area contributed by atoms with Gasteiger partial charge in [0.1, 0.15) is 29.4 Å². The monoisotopic (exact) mass is 544 g/mol. The molecular weight excluding hydrogens is 511 g/mol. The Morgan fingerprint density at radius 3 is 1.38 bits per heavy atom. The number of aliphatic imine (C=N–C) groups is 1. The van der Waals surface area contributed by atoms with Crippen LogP contribution in [0.2, 0.25) is 0 Å². The highest BCUT2D eigenvalue weighted by Gasteiger charge is 2.33. The number of benzene rings is 4. The number of nitrogens with zero attached hydrogens (tertiary/aromatic N) is 1. The fraction of sp³-hybridized carbons (Fsp3) is 0.242. The van der Waals surface area contributed by atoms with Gasteiger partial charge in [0.2, 0.25) is 0 Å². The average molecular weight is 544 g/mol. The molecule has 2 nitrogen and oxygen atoms in total. The molecule has 4 aromatic carbocycles. The number of fused-ring (bicyclic) bond motifs is 1. The third-order valence-electron chi connectivity index (χ3n) is 8.13. The molecule has 0 aliphatic carbocycles. The predicted octanol–water partition coefficient (Wildman–Crippen LogP) is 3.87. The molecule has 1 atom stereocenters. The molecule has 1 saturated heterocycles. The summed E-state index contributed by atoms with van der Waals surface area (Å²) in [5.74, 6) is -0.472. The summed E-state index contributed by atoms with van der Waals surface area (Å²) < 4.78 is 57.1. The van der Waals surface area contributed by atoms with Crippen molar-refractivity contribution in [1.82, 2.24) is 0 Å². The highest BCUT2D eigenvalue weighted by molar-refractivity contribution is 7.19. The van der Waals surface area contributed by atoms with E-state index < -0.39 is 29.4 Å². The van der Waals surface area contributed by atoms with Crippen molar-refractivity contribution in [3.63, 3.8) is 0 Å². The van der Waals surface area contributed by atoms with E-state index in [0.717, 1.165) is 6.54 Å². The van der Waals surface area contributed by atoms with Crippen LogP contribution in [0.1, 0.15) is 32.1 Å². The van der Waals surface area contributed by atoms with Crippen LogP contribution in [-0.4, -0.2) is 31.6 Å². The van der Waals surface area contributed by atoms with Gasteiger partial charge in [-0.25, -0.2) is 22.6 Å². The highest BCUT2D eigenvalue weighted by atomic mass is 19.1. The molecule has 7 heteroatoms. The van der Waals surface area contributed by atoms with Gasteiger partial charge in [0.05, 0.1) is 13.1 Å². The van der Waals surface area contributed by atoms with Crippen LogP contribution in [0.4, 0.5) is 17.6 Å². The molecule has 0 amide bonds. The summed E-state index contributed by atoms with van der Waals surface area (Å²) in [6.45, 7) is 3.79. The van der Waals surface area contributed by atoms with Crippen LogP contribution < -0.4 is 26.8 Å². The van der Waals surface area contributed by atoms with Crippen LogP contribution in [0.15, 0.2) is 102 Å². The van der Waals surface area contributed by atoms with Gasteiger partial charge in [-0.3, -0.25) is 4.90 Å². The van der Waals surface area contributed by atoms with E-state index in [0.29, 0.717) is 21.9 Å². The van der Waals surface area contributed by atoms with Crippen LogP contribution in [0, 0.1) is 23.3 Å². The Kier molecular flexibility index (Phi) is 8.80. The summed E-state index contributed by atoms with van der Waals surface area (Å²) in [7, 11) is 0. The molecule has 0 bridgehead atoms. The van der Waals surface area contributed by atoms with Crippen molar-refractivity contribution in [1.29, 1.82) is 0 Å². The normalized spacial score (nSPS) is 17.1. The van der Waals surface area contributed by atoms with Gasteiger partial charge in [-0.2, -0.15) is 21.9 Å². The fourth-order valence-corrected chi connectivity index (χ4v) is 6.35. The molecule has 2 heterocycles. The quantitative estimate of drug-likeness (QED) is 0.297. The van der Waals surface area contributed by atoms with Crippen molar-refractivity contribution in [3.8, 4) is 0 Å². The van der Waals surface area contributed by atoms with Crippen LogP contribution in [0.25, 0.3) is 0 Å². The van der Waals surface area contributed by atoms with Crippen molar-refractivity contribution < 1.29 is 22.5 Å². The topological polar surface area (TPSA) is 16.8 Å². The summed E-state index contributed by atoms with van der Waals surface area (Å²) in [5, 5.41) is 0. The molecule has 2 aliphatic heterocycles. The van der Waals surface area contributed by atoms with Crippen molar-refractivity contribution in [2.24, 2.45) is 4.99 Å². The fourth-order valence-electron chi connectivity index (χ4n) is 6.35. The van der Waals surface area contributed by atoms with Gasteiger partial charge >= 0.3 is 0 Å². The molecule has 1 unspecified atom stereocenters. The third-order valence-corrected chi connectivity index (χ3v) is 8.13. The molecule has 1 fully saturated rings. The number of nitrogens with one attached hydrogen (secondary N) is 1. The molecule has 0 spiro atoms. The molecule has 40 heavy (non-hydrogen) atoms. The largest absolute Gasteiger partial charge is 0.290 e. The van der Waals surface area contributed by atoms with Gasteiger partial charge < -0.3 is 0 Å². The van der Waals surface area contributed by atoms with Gasteiger partial charge in [0, 0.05) is 19.4 Å². The molecule has 2 aliphatic rings. The average Bonchev–Trinajstić information content (AvgIpc) is 3.20. The lowest BCUT2D eigenvalue weighted by Gasteiger charge is -2.44. The number of amidine groups is 1. The molecule has 0 aromatic heterocycles. The maximum Gasteiger partial charge on any atom is 0.196 e. The van der Waals surface area contributed by atoms with Gasteiger partial charge in [-0.05, 0) is 43.5 Å². The van der Waals surface area contributed by atoms with E-state index in [4.69, 9.17) is 0 Å². The minimum absolute atomic E-state index is 0.488. The molecule has 0 saturated carbocycles. The first kappa shape index (κ1) is 27.8. The zero-order valence-electron chi connectivity index (χ0n) is 22.4. The maximum atomic E-state index is 14.3. The Bertz CT molecular complexity index is 1300. The second-order valence-electron chi connectivity index (χ2n) is 10.7. The maximum absolute atomic E-state index is 14.3. The number of rotatable bonds is 4. The zero-order chi connectivity index (χ0) is 28.0. The number of halogens is 4. The Morgan fingerprint density at radius 1 is 0.525 bits per heavy atom. The first-order valence-electron chi connectivity index (χ1n) is 14.0. The lowest BCUT2D eigenvalue weighted by Crippen LogP contribution is -3.15. The molecule has 4 aromatic rings. The lowest BCUT2D eigenvalue weighted by atomic mass is 9.13. The molecule has 1 N–H and O–H groups in total. The first-order chi connectivity index (χ1) is 19.5. The van der Waals surface area contributed by atoms with Crippen molar-refractivity contribution >= 4 is 33.8 Å². The van der Waals surface area contributed by atoms with E-state index in [1.807, 2.05) is 0 Å². The second kappa shape index (κ2) is 12.6. The zero-order valence-corrected chi connectivity index (χ0v) is 22.4. The van der Waals surface area contributed by atoms with E-state index in [2.05, 4.69) is 4.99 Å². The summed E-state index contributed by atoms with van der Waals surface area (Å²) in [5.41, 5.74) is 1.97. The predicted molar refractivity (Wildman–Crippen MR) is 156 cm³/mol. The summed E-state index contributed by atoms with van der Waals surface area (Å²) in [6, 6.07) is 23.5. The highest BCUT2D eigenvalue weighted by Crippen LogP contribution is 2.13. The lowest BCUT2D eigenvalue weighted by molar-refractivity contribution is -0.809. The number of hydrogen-bond donors (Lipinski definition) is 1. The van der Waals surface area contributed by atoms with Crippen LogP contribution in [-0.2, 0) is 0 Å². The first-order valence-corrected chi connectivity index (χ1v) is 14.0. The van der Waals surface area contributed by atoms with Crippen molar-refractivity contribution in [2.45, 2.75) is 32.1 Å². The summed E-state index contributed by atoms with van der Waals surface area (Å²) >= 11 is 0. The van der Waals surface area contributed by atoms with E-state index in [-0.39, 0.29) is 0 Å². The molecule has 6 rings (SSSR count).